The maximum atomic E-state index is 12.3. The maximum absolute atomic E-state index is 12.3. The lowest BCUT2D eigenvalue weighted by Crippen LogP contribution is -2.49. The molecule has 0 atom stereocenters. The fraction of sp³-hybridized carbons (Fsp3) is 0.929. The molecular formula is C14H26N2O. The molecule has 2 fully saturated rings. The van der Waals surface area contributed by atoms with Gasteiger partial charge in [0, 0.05) is 11.5 Å². The van der Waals surface area contributed by atoms with Crippen molar-refractivity contribution >= 4 is 5.91 Å². The molecule has 1 saturated carbocycles. The van der Waals surface area contributed by atoms with Crippen molar-refractivity contribution in [2.75, 3.05) is 13.1 Å². The molecular weight excluding hydrogens is 212 g/mol. The summed E-state index contributed by atoms with van der Waals surface area (Å²) in [7, 11) is 0. The van der Waals surface area contributed by atoms with E-state index in [9.17, 15) is 4.79 Å². The number of nitrogens with one attached hydrogen (secondary N) is 2. The lowest BCUT2D eigenvalue weighted by atomic mass is 9.79. The molecule has 3 heteroatoms. The summed E-state index contributed by atoms with van der Waals surface area (Å²) in [6.45, 7) is 6.39. The van der Waals surface area contributed by atoms with Crippen molar-refractivity contribution in [3.05, 3.63) is 0 Å². The van der Waals surface area contributed by atoms with Gasteiger partial charge in [-0.1, -0.05) is 13.8 Å². The first kappa shape index (κ1) is 12.9. The molecule has 2 rings (SSSR count). The van der Waals surface area contributed by atoms with Gasteiger partial charge in [-0.2, -0.15) is 0 Å². The smallest absolute Gasteiger partial charge is 0.226 e. The molecule has 0 spiro atoms. The van der Waals surface area contributed by atoms with Gasteiger partial charge in [0.2, 0.25) is 5.91 Å². The lowest BCUT2D eigenvalue weighted by Gasteiger charge is -2.35. The van der Waals surface area contributed by atoms with Crippen LogP contribution in [-0.4, -0.2) is 25.0 Å². The molecule has 0 aromatic carbocycles. The highest BCUT2D eigenvalue weighted by atomic mass is 16.2. The van der Waals surface area contributed by atoms with Gasteiger partial charge in [0.25, 0.3) is 0 Å². The summed E-state index contributed by atoms with van der Waals surface area (Å²) in [4.78, 5) is 12.3. The largest absolute Gasteiger partial charge is 0.353 e. The first-order valence-corrected chi connectivity index (χ1v) is 7.12. The number of hydrogen-bond acceptors (Lipinski definition) is 2. The molecule has 0 unspecified atom stereocenters. The third-order valence-electron chi connectivity index (χ3n) is 4.61. The van der Waals surface area contributed by atoms with Crippen LogP contribution in [0.5, 0.6) is 0 Å². The van der Waals surface area contributed by atoms with Crippen LogP contribution in [-0.2, 0) is 4.79 Å². The van der Waals surface area contributed by atoms with Crippen molar-refractivity contribution in [3.8, 4) is 0 Å². The van der Waals surface area contributed by atoms with E-state index in [2.05, 4.69) is 24.5 Å². The van der Waals surface area contributed by atoms with Crippen LogP contribution in [0.1, 0.15) is 52.4 Å². The van der Waals surface area contributed by atoms with Crippen molar-refractivity contribution in [1.82, 2.24) is 10.6 Å². The summed E-state index contributed by atoms with van der Waals surface area (Å²) >= 11 is 0. The Labute approximate surface area is 105 Å². The Hall–Kier alpha value is -0.570. The summed E-state index contributed by atoms with van der Waals surface area (Å²) in [5.41, 5.74) is -0.131. The minimum Gasteiger partial charge on any atom is -0.353 e. The molecule has 0 aromatic heterocycles. The zero-order chi connectivity index (χ0) is 12.3. The van der Waals surface area contributed by atoms with Crippen molar-refractivity contribution in [2.45, 2.75) is 58.4 Å². The number of amides is 1. The Morgan fingerprint density at radius 1 is 1.18 bits per heavy atom. The predicted octanol–water partition coefficient (Wildman–Crippen LogP) is 2.07. The van der Waals surface area contributed by atoms with Crippen LogP contribution in [0.4, 0.5) is 0 Å². The van der Waals surface area contributed by atoms with Gasteiger partial charge >= 0.3 is 0 Å². The normalized spacial score (nSPS) is 33.1. The highest BCUT2D eigenvalue weighted by molar-refractivity contribution is 5.82. The second kappa shape index (κ2) is 5.38. The van der Waals surface area contributed by atoms with Crippen LogP contribution in [0.25, 0.3) is 0 Å². The summed E-state index contributed by atoms with van der Waals surface area (Å²) in [6, 6.07) is 0.436. The van der Waals surface area contributed by atoms with E-state index in [-0.39, 0.29) is 5.41 Å². The van der Waals surface area contributed by atoms with Crippen LogP contribution in [0.3, 0.4) is 0 Å². The van der Waals surface area contributed by atoms with E-state index < -0.39 is 0 Å². The van der Waals surface area contributed by atoms with Gasteiger partial charge in [-0.25, -0.2) is 0 Å². The van der Waals surface area contributed by atoms with Crippen LogP contribution < -0.4 is 10.6 Å². The maximum Gasteiger partial charge on any atom is 0.226 e. The first-order valence-electron chi connectivity index (χ1n) is 7.12. The molecule has 17 heavy (non-hydrogen) atoms. The van der Waals surface area contributed by atoms with Crippen molar-refractivity contribution < 1.29 is 4.79 Å². The second-order valence-electron chi connectivity index (χ2n) is 6.24. The Kier molecular flexibility index (Phi) is 4.08. The highest BCUT2D eigenvalue weighted by Gasteiger charge is 2.35. The molecule has 0 radical (unpaired) electrons. The van der Waals surface area contributed by atoms with E-state index >= 15 is 0 Å². The Morgan fingerprint density at radius 2 is 1.76 bits per heavy atom. The lowest BCUT2D eigenvalue weighted by molar-refractivity contribution is -0.132. The second-order valence-corrected chi connectivity index (χ2v) is 6.24. The van der Waals surface area contributed by atoms with Gasteiger partial charge in [-0.3, -0.25) is 4.79 Å². The molecule has 1 amide bonds. The summed E-state index contributed by atoms with van der Waals surface area (Å²) in [5.74, 6) is 1.14. The fourth-order valence-corrected chi connectivity index (χ4v) is 2.97. The number of piperidine rings is 1. The van der Waals surface area contributed by atoms with Gasteiger partial charge in [0.1, 0.15) is 0 Å². The average Bonchev–Trinajstić information content (AvgIpc) is 2.33. The zero-order valence-corrected chi connectivity index (χ0v) is 11.2. The molecule has 1 heterocycles. The van der Waals surface area contributed by atoms with Gasteiger partial charge in [-0.05, 0) is 57.5 Å². The van der Waals surface area contributed by atoms with Crippen molar-refractivity contribution in [2.24, 2.45) is 11.3 Å². The van der Waals surface area contributed by atoms with Crippen LogP contribution in [0.2, 0.25) is 0 Å². The predicted molar refractivity (Wildman–Crippen MR) is 69.8 cm³/mol. The molecule has 2 aliphatic rings. The van der Waals surface area contributed by atoms with Crippen LogP contribution in [0.15, 0.2) is 0 Å². The number of carbonyl (C=O) groups is 1. The summed E-state index contributed by atoms with van der Waals surface area (Å²) < 4.78 is 0. The van der Waals surface area contributed by atoms with E-state index in [0.717, 1.165) is 31.8 Å². The van der Waals surface area contributed by atoms with E-state index in [1.54, 1.807) is 0 Å². The van der Waals surface area contributed by atoms with Gasteiger partial charge in [0.05, 0.1) is 0 Å². The molecule has 1 saturated heterocycles. The van der Waals surface area contributed by atoms with E-state index in [1.807, 2.05) is 0 Å². The highest BCUT2D eigenvalue weighted by Crippen LogP contribution is 2.30. The van der Waals surface area contributed by atoms with Crippen molar-refractivity contribution in [3.63, 3.8) is 0 Å². The minimum absolute atomic E-state index is 0.131. The Morgan fingerprint density at radius 3 is 2.35 bits per heavy atom. The Bertz CT molecular complexity index is 263. The molecule has 98 valence electrons. The van der Waals surface area contributed by atoms with Gasteiger partial charge in [-0.15, -0.1) is 0 Å². The minimum atomic E-state index is -0.131. The molecule has 0 bridgehead atoms. The zero-order valence-electron chi connectivity index (χ0n) is 11.2. The third kappa shape index (κ3) is 3.21. The molecule has 0 aromatic rings. The average molecular weight is 238 g/mol. The third-order valence-corrected chi connectivity index (χ3v) is 4.61. The standard InChI is InChI=1S/C14H26N2O/c1-11-3-5-12(6-4-11)16-13(17)14(2)7-9-15-10-8-14/h11-12,15H,3-10H2,1-2H3,(H,16,17). The topological polar surface area (TPSA) is 41.1 Å². The number of hydrogen-bond donors (Lipinski definition) is 2. The first-order chi connectivity index (χ1) is 8.10. The van der Waals surface area contributed by atoms with Crippen LogP contribution >= 0.6 is 0 Å². The van der Waals surface area contributed by atoms with E-state index in [0.29, 0.717) is 11.9 Å². The van der Waals surface area contributed by atoms with Crippen molar-refractivity contribution in [1.29, 1.82) is 0 Å². The Balaban J connectivity index is 1.83. The summed E-state index contributed by atoms with van der Waals surface area (Å²) in [6.07, 6.45) is 6.82. The van der Waals surface area contributed by atoms with E-state index in [4.69, 9.17) is 0 Å². The monoisotopic (exact) mass is 238 g/mol. The van der Waals surface area contributed by atoms with Gasteiger partial charge in [0.15, 0.2) is 0 Å². The van der Waals surface area contributed by atoms with E-state index in [1.165, 1.54) is 25.7 Å². The quantitative estimate of drug-likeness (QED) is 0.773. The molecule has 3 nitrogen and oxygen atoms in total. The number of carbonyl (C=O) groups excluding carboxylic acids is 1. The number of rotatable bonds is 2. The summed E-state index contributed by atoms with van der Waals surface area (Å²) in [5, 5.41) is 6.61. The van der Waals surface area contributed by atoms with Gasteiger partial charge < -0.3 is 10.6 Å². The molecule has 2 N–H and O–H groups in total. The SMILES string of the molecule is CC1CCC(NC(=O)C2(C)CCNCC2)CC1. The van der Waals surface area contributed by atoms with Crippen LogP contribution in [0, 0.1) is 11.3 Å². The fourth-order valence-electron chi connectivity index (χ4n) is 2.97. The molecule has 1 aliphatic heterocycles. The molecule has 1 aliphatic carbocycles.